The molecule has 1 atom stereocenters. The smallest absolute Gasteiger partial charge is 0.200 e. The number of phenols is 3. The highest BCUT2D eigenvalue weighted by Gasteiger charge is 2.15. The molecular weight excluding hydrogens is 234 g/mol. The SMILES string of the molecule is Oc1ccc(CNCCC2CCOC2)c(O)c1O. The summed E-state index contributed by atoms with van der Waals surface area (Å²) in [4.78, 5) is 0. The van der Waals surface area contributed by atoms with Gasteiger partial charge in [0.1, 0.15) is 0 Å². The van der Waals surface area contributed by atoms with Crippen molar-refractivity contribution in [3.05, 3.63) is 17.7 Å². The van der Waals surface area contributed by atoms with Crippen LogP contribution in [-0.2, 0) is 11.3 Å². The second kappa shape index (κ2) is 5.93. The highest BCUT2D eigenvalue weighted by Crippen LogP contribution is 2.36. The van der Waals surface area contributed by atoms with Gasteiger partial charge in [0.05, 0.1) is 0 Å². The van der Waals surface area contributed by atoms with Crippen LogP contribution in [-0.4, -0.2) is 35.1 Å². The Hall–Kier alpha value is -1.46. The second-order valence-corrected chi connectivity index (χ2v) is 4.64. The van der Waals surface area contributed by atoms with Crippen LogP contribution in [0.4, 0.5) is 0 Å². The third-order valence-electron chi connectivity index (χ3n) is 3.28. The molecule has 0 amide bonds. The molecule has 1 unspecified atom stereocenters. The molecule has 1 aliphatic heterocycles. The molecular formula is C13H19NO4. The fourth-order valence-electron chi connectivity index (χ4n) is 2.09. The molecule has 5 heteroatoms. The fraction of sp³-hybridized carbons (Fsp3) is 0.538. The van der Waals surface area contributed by atoms with Gasteiger partial charge in [-0.15, -0.1) is 0 Å². The molecule has 100 valence electrons. The van der Waals surface area contributed by atoms with Crippen molar-refractivity contribution >= 4 is 0 Å². The molecule has 0 radical (unpaired) electrons. The van der Waals surface area contributed by atoms with Gasteiger partial charge in [0.15, 0.2) is 11.5 Å². The first-order valence-electron chi connectivity index (χ1n) is 6.19. The van der Waals surface area contributed by atoms with E-state index in [2.05, 4.69) is 5.32 Å². The van der Waals surface area contributed by atoms with Crippen LogP contribution in [0.25, 0.3) is 0 Å². The molecule has 0 aliphatic carbocycles. The lowest BCUT2D eigenvalue weighted by molar-refractivity contribution is 0.184. The summed E-state index contributed by atoms with van der Waals surface area (Å²) in [7, 11) is 0. The zero-order chi connectivity index (χ0) is 13.0. The molecule has 5 nitrogen and oxygen atoms in total. The Morgan fingerprint density at radius 2 is 2.06 bits per heavy atom. The van der Waals surface area contributed by atoms with Crippen molar-refractivity contribution in [1.82, 2.24) is 5.32 Å². The third-order valence-corrected chi connectivity index (χ3v) is 3.28. The Morgan fingerprint density at radius 1 is 1.22 bits per heavy atom. The maximum Gasteiger partial charge on any atom is 0.200 e. The van der Waals surface area contributed by atoms with Crippen LogP contribution in [0.1, 0.15) is 18.4 Å². The molecule has 0 bridgehead atoms. The van der Waals surface area contributed by atoms with E-state index in [4.69, 9.17) is 4.74 Å². The number of hydrogen-bond donors (Lipinski definition) is 4. The van der Waals surface area contributed by atoms with Crippen molar-refractivity contribution in [2.24, 2.45) is 5.92 Å². The number of hydrogen-bond acceptors (Lipinski definition) is 5. The standard InChI is InChI=1S/C13H19NO4/c15-11-2-1-10(12(16)13(11)17)7-14-5-3-9-4-6-18-8-9/h1-2,9,14-17H,3-8H2. The van der Waals surface area contributed by atoms with Crippen LogP contribution >= 0.6 is 0 Å². The van der Waals surface area contributed by atoms with Gasteiger partial charge in [-0.3, -0.25) is 0 Å². The maximum atomic E-state index is 9.62. The van der Waals surface area contributed by atoms with E-state index in [1.165, 1.54) is 6.07 Å². The molecule has 0 saturated carbocycles. The molecule has 1 heterocycles. The molecule has 1 saturated heterocycles. The van der Waals surface area contributed by atoms with Gasteiger partial charge in [0.25, 0.3) is 0 Å². The van der Waals surface area contributed by atoms with Crippen LogP contribution in [0.5, 0.6) is 17.2 Å². The van der Waals surface area contributed by atoms with Crippen LogP contribution in [0.3, 0.4) is 0 Å². The monoisotopic (exact) mass is 253 g/mol. The van der Waals surface area contributed by atoms with Crippen molar-refractivity contribution in [3.63, 3.8) is 0 Å². The van der Waals surface area contributed by atoms with E-state index in [9.17, 15) is 15.3 Å². The van der Waals surface area contributed by atoms with Gasteiger partial charge in [-0.1, -0.05) is 6.07 Å². The molecule has 1 aromatic carbocycles. The summed E-state index contributed by atoms with van der Waals surface area (Å²) >= 11 is 0. The van der Waals surface area contributed by atoms with Crippen LogP contribution in [0.2, 0.25) is 0 Å². The van der Waals surface area contributed by atoms with E-state index in [1.807, 2.05) is 0 Å². The Morgan fingerprint density at radius 3 is 2.78 bits per heavy atom. The lowest BCUT2D eigenvalue weighted by Crippen LogP contribution is -2.18. The Labute approximate surface area is 106 Å². The lowest BCUT2D eigenvalue weighted by atomic mass is 10.1. The zero-order valence-corrected chi connectivity index (χ0v) is 10.2. The summed E-state index contributed by atoms with van der Waals surface area (Å²) in [6.45, 7) is 3.01. The molecule has 1 aliphatic rings. The highest BCUT2D eigenvalue weighted by molar-refractivity contribution is 5.52. The summed E-state index contributed by atoms with van der Waals surface area (Å²) < 4.78 is 5.29. The number of benzene rings is 1. The topological polar surface area (TPSA) is 82.0 Å². The van der Waals surface area contributed by atoms with E-state index in [0.717, 1.165) is 32.6 Å². The van der Waals surface area contributed by atoms with Gasteiger partial charge in [0, 0.05) is 25.3 Å². The van der Waals surface area contributed by atoms with Crippen molar-refractivity contribution in [2.75, 3.05) is 19.8 Å². The normalized spacial score (nSPS) is 19.2. The molecule has 0 spiro atoms. The van der Waals surface area contributed by atoms with E-state index in [1.54, 1.807) is 6.07 Å². The molecule has 2 rings (SSSR count). The third kappa shape index (κ3) is 3.05. The molecule has 1 fully saturated rings. The maximum absolute atomic E-state index is 9.62. The number of rotatable bonds is 5. The highest BCUT2D eigenvalue weighted by atomic mass is 16.5. The predicted molar refractivity (Wildman–Crippen MR) is 66.7 cm³/mol. The Balaban J connectivity index is 1.77. The van der Waals surface area contributed by atoms with Crippen LogP contribution < -0.4 is 5.32 Å². The van der Waals surface area contributed by atoms with Gasteiger partial charge in [-0.2, -0.15) is 0 Å². The predicted octanol–water partition coefficient (Wildman–Crippen LogP) is 1.32. The fourth-order valence-corrected chi connectivity index (χ4v) is 2.09. The first kappa shape index (κ1) is 13.0. The number of phenolic OH excluding ortho intramolecular Hbond substituents is 3. The average Bonchev–Trinajstić information content (AvgIpc) is 2.87. The number of nitrogens with one attached hydrogen (secondary N) is 1. The van der Waals surface area contributed by atoms with Gasteiger partial charge in [-0.25, -0.2) is 0 Å². The van der Waals surface area contributed by atoms with Gasteiger partial charge >= 0.3 is 0 Å². The molecule has 1 aromatic rings. The second-order valence-electron chi connectivity index (χ2n) is 4.64. The quantitative estimate of drug-likeness (QED) is 0.470. The summed E-state index contributed by atoms with van der Waals surface area (Å²) in [6, 6.07) is 2.97. The number of ether oxygens (including phenoxy) is 1. The van der Waals surface area contributed by atoms with Gasteiger partial charge < -0.3 is 25.4 Å². The zero-order valence-electron chi connectivity index (χ0n) is 10.2. The Kier molecular flexibility index (Phi) is 4.28. The summed E-state index contributed by atoms with van der Waals surface area (Å²) in [5.41, 5.74) is 0.577. The summed E-state index contributed by atoms with van der Waals surface area (Å²) in [6.07, 6.45) is 2.16. The van der Waals surface area contributed by atoms with E-state index < -0.39 is 5.75 Å². The van der Waals surface area contributed by atoms with Crippen molar-refractivity contribution in [1.29, 1.82) is 0 Å². The van der Waals surface area contributed by atoms with Crippen molar-refractivity contribution in [2.45, 2.75) is 19.4 Å². The minimum Gasteiger partial charge on any atom is -0.504 e. The van der Waals surface area contributed by atoms with E-state index in [-0.39, 0.29) is 11.5 Å². The van der Waals surface area contributed by atoms with E-state index in [0.29, 0.717) is 18.0 Å². The molecule has 4 N–H and O–H groups in total. The van der Waals surface area contributed by atoms with E-state index >= 15 is 0 Å². The number of aromatic hydroxyl groups is 3. The lowest BCUT2D eigenvalue weighted by Gasteiger charge is -2.10. The first-order chi connectivity index (χ1) is 8.68. The Bertz CT molecular complexity index is 402. The van der Waals surface area contributed by atoms with Crippen LogP contribution in [0, 0.1) is 5.92 Å². The minimum atomic E-state index is -0.460. The van der Waals surface area contributed by atoms with Gasteiger partial charge in [0.2, 0.25) is 5.75 Å². The minimum absolute atomic E-state index is 0.258. The summed E-state index contributed by atoms with van der Waals surface area (Å²) in [5, 5.41) is 31.4. The van der Waals surface area contributed by atoms with Crippen molar-refractivity contribution < 1.29 is 20.1 Å². The van der Waals surface area contributed by atoms with Gasteiger partial charge in [-0.05, 0) is 31.4 Å². The molecule has 18 heavy (non-hydrogen) atoms. The average molecular weight is 253 g/mol. The first-order valence-corrected chi connectivity index (χ1v) is 6.19. The molecule has 0 aromatic heterocycles. The van der Waals surface area contributed by atoms with Crippen LogP contribution in [0.15, 0.2) is 12.1 Å². The van der Waals surface area contributed by atoms with Crippen molar-refractivity contribution in [3.8, 4) is 17.2 Å². The summed E-state index contributed by atoms with van der Waals surface area (Å²) in [5.74, 6) is -0.399. The largest absolute Gasteiger partial charge is 0.504 e.